The lowest BCUT2D eigenvalue weighted by atomic mass is 10.0. The number of anilines is 1. The van der Waals surface area contributed by atoms with Gasteiger partial charge in [0, 0.05) is 48.1 Å². The minimum absolute atomic E-state index is 0.321. The number of nitrogens with two attached hydrogens (primary N) is 1. The number of fused-ring (bicyclic) bond motifs is 1. The summed E-state index contributed by atoms with van der Waals surface area (Å²) in [7, 11) is 0. The number of hydrogen-bond donors (Lipinski definition) is 1. The Balaban J connectivity index is 1.17. The standard InChI is InChI=1S/C25H27N7O/c26-21-3-1-2-18(11-21)23-15-27-24-12-19(13-29-32(23)24)20-14-28-31(16-20)22-6-8-30(9-7-22)25(33)10-17-4-5-17/h1-3,11-17,22H,4-10,26H2. The van der Waals surface area contributed by atoms with Gasteiger partial charge in [-0.1, -0.05) is 12.1 Å². The first kappa shape index (κ1) is 20.0. The number of benzene rings is 1. The van der Waals surface area contributed by atoms with E-state index in [1.807, 2.05) is 63.0 Å². The predicted molar refractivity (Wildman–Crippen MR) is 126 cm³/mol. The second-order valence-electron chi connectivity index (χ2n) is 9.25. The fourth-order valence-corrected chi connectivity index (χ4v) is 4.69. The van der Waals surface area contributed by atoms with Crippen molar-refractivity contribution in [3.8, 4) is 22.4 Å². The summed E-state index contributed by atoms with van der Waals surface area (Å²) in [5.41, 5.74) is 11.3. The van der Waals surface area contributed by atoms with Crippen LogP contribution in [0.4, 0.5) is 5.69 Å². The molecular weight excluding hydrogens is 414 g/mol. The van der Waals surface area contributed by atoms with Gasteiger partial charge in [0.15, 0.2) is 5.65 Å². The van der Waals surface area contributed by atoms with Crippen molar-refractivity contribution in [1.82, 2.24) is 29.3 Å². The molecule has 1 saturated heterocycles. The number of imidazole rings is 1. The van der Waals surface area contributed by atoms with Crippen molar-refractivity contribution in [2.24, 2.45) is 5.92 Å². The summed E-state index contributed by atoms with van der Waals surface area (Å²) in [6.45, 7) is 1.64. The van der Waals surface area contributed by atoms with Gasteiger partial charge in [-0.05, 0) is 49.8 Å². The molecule has 168 valence electrons. The van der Waals surface area contributed by atoms with Crippen LogP contribution in [0.2, 0.25) is 0 Å². The van der Waals surface area contributed by atoms with Crippen LogP contribution in [0.25, 0.3) is 28.0 Å². The maximum atomic E-state index is 12.4. The Morgan fingerprint density at radius 1 is 0.970 bits per heavy atom. The molecule has 4 aromatic rings. The third-order valence-corrected chi connectivity index (χ3v) is 6.83. The Morgan fingerprint density at radius 2 is 1.79 bits per heavy atom. The monoisotopic (exact) mass is 441 g/mol. The molecule has 8 nitrogen and oxygen atoms in total. The highest BCUT2D eigenvalue weighted by molar-refractivity contribution is 5.76. The van der Waals surface area contributed by atoms with E-state index in [-0.39, 0.29) is 0 Å². The lowest BCUT2D eigenvalue weighted by molar-refractivity contribution is -0.132. The summed E-state index contributed by atoms with van der Waals surface area (Å²) in [4.78, 5) is 19.0. The number of nitrogen functional groups attached to an aromatic ring is 1. The fourth-order valence-electron chi connectivity index (χ4n) is 4.69. The molecule has 0 spiro atoms. The number of nitrogens with zero attached hydrogens (tertiary/aromatic N) is 6. The van der Waals surface area contributed by atoms with Crippen LogP contribution in [0.5, 0.6) is 0 Å². The zero-order chi connectivity index (χ0) is 22.4. The molecule has 8 heteroatoms. The number of carbonyl (C=O) groups excluding carboxylic acids is 1. The molecule has 0 bridgehead atoms. The number of carbonyl (C=O) groups is 1. The second-order valence-corrected chi connectivity index (χ2v) is 9.25. The molecule has 33 heavy (non-hydrogen) atoms. The van der Waals surface area contributed by atoms with Crippen molar-refractivity contribution in [3.63, 3.8) is 0 Å². The lowest BCUT2D eigenvalue weighted by Gasteiger charge is -2.32. The van der Waals surface area contributed by atoms with E-state index in [9.17, 15) is 4.79 Å². The molecule has 1 saturated carbocycles. The molecule has 1 aliphatic carbocycles. The Bertz CT molecular complexity index is 1310. The van der Waals surface area contributed by atoms with Crippen molar-refractivity contribution in [2.45, 2.75) is 38.1 Å². The van der Waals surface area contributed by atoms with E-state index in [0.717, 1.165) is 60.4 Å². The van der Waals surface area contributed by atoms with Crippen LogP contribution in [0, 0.1) is 5.92 Å². The summed E-state index contributed by atoms with van der Waals surface area (Å²) in [5.74, 6) is 0.973. The van der Waals surface area contributed by atoms with Crippen molar-refractivity contribution < 1.29 is 4.79 Å². The molecule has 0 unspecified atom stereocenters. The van der Waals surface area contributed by atoms with E-state index in [4.69, 9.17) is 5.73 Å². The largest absolute Gasteiger partial charge is 0.399 e. The maximum Gasteiger partial charge on any atom is 0.222 e. The van der Waals surface area contributed by atoms with Gasteiger partial charge in [-0.15, -0.1) is 0 Å². The topological polar surface area (TPSA) is 94.3 Å². The van der Waals surface area contributed by atoms with Crippen LogP contribution in [0.15, 0.2) is 55.1 Å². The molecular formula is C25H27N7O. The molecule has 0 radical (unpaired) electrons. The first-order valence-corrected chi connectivity index (χ1v) is 11.7. The normalized spacial score (nSPS) is 17.0. The van der Waals surface area contributed by atoms with E-state index in [2.05, 4.69) is 21.4 Å². The predicted octanol–water partition coefficient (Wildman–Crippen LogP) is 3.81. The fraction of sp³-hybridized carbons (Fsp3) is 0.360. The third kappa shape index (κ3) is 3.97. The van der Waals surface area contributed by atoms with Crippen LogP contribution >= 0.6 is 0 Å². The van der Waals surface area contributed by atoms with E-state index >= 15 is 0 Å². The Hall–Kier alpha value is -3.68. The zero-order valence-corrected chi connectivity index (χ0v) is 18.5. The van der Waals surface area contributed by atoms with Gasteiger partial charge in [-0.2, -0.15) is 10.2 Å². The lowest BCUT2D eigenvalue weighted by Crippen LogP contribution is -2.39. The second kappa shape index (κ2) is 8.03. The molecule has 1 aliphatic heterocycles. The van der Waals surface area contributed by atoms with E-state index in [1.54, 1.807) is 0 Å². The Labute approximate surface area is 192 Å². The highest BCUT2D eigenvalue weighted by Gasteiger charge is 2.29. The molecule has 0 atom stereocenters. The van der Waals surface area contributed by atoms with Gasteiger partial charge >= 0.3 is 0 Å². The summed E-state index contributed by atoms with van der Waals surface area (Å²) in [6.07, 6.45) is 12.7. The molecule has 2 aliphatic rings. The number of piperidine rings is 1. The van der Waals surface area contributed by atoms with Crippen molar-refractivity contribution in [2.75, 3.05) is 18.8 Å². The molecule has 4 heterocycles. The molecule has 1 amide bonds. The number of amides is 1. The first-order chi connectivity index (χ1) is 16.1. The number of hydrogen-bond acceptors (Lipinski definition) is 5. The van der Waals surface area contributed by atoms with Gasteiger partial charge in [0.1, 0.15) is 0 Å². The van der Waals surface area contributed by atoms with Gasteiger partial charge in [0.25, 0.3) is 0 Å². The molecule has 2 N–H and O–H groups in total. The minimum atomic E-state index is 0.321. The third-order valence-electron chi connectivity index (χ3n) is 6.83. The summed E-state index contributed by atoms with van der Waals surface area (Å²) >= 11 is 0. The maximum absolute atomic E-state index is 12.4. The van der Waals surface area contributed by atoms with Crippen LogP contribution in [0.1, 0.15) is 38.1 Å². The van der Waals surface area contributed by atoms with Crippen LogP contribution in [-0.2, 0) is 4.79 Å². The molecule has 2 fully saturated rings. The average Bonchev–Trinajstić information content (AvgIpc) is 3.34. The van der Waals surface area contributed by atoms with E-state index in [0.29, 0.717) is 23.6 Å². The first-order valence-electron chi connectivity index (χ1n) is 11.7. The quantitative estimate of drug-likeness (QED) is 0.475. The average molecular weight is 442 g/mol. The molecule has 1 aromatic carbocycles. The Kier molecular flexibility index (Phi) is 4.86. The molecule has 6 rings (SSSR count). The number of aromatic nitrogens is 5. The van der Waals surface area contributed by atoms with Crippen molar-refractivity contribution in [3.05, 3.63) is 55.1 Å². The van der Waals surface area contributed by atoms with Crippen molar-refractivity contribution >= 4 is 17.2 Å². The SMILES string of the molecule is Nc1cccc(-c2cnc3cc(-c4cnn(C5CCN(C(=O)CC6CC6)CC5)c4)cnn23)c1. The summed E-state index contributed by atoms with van der Waals surface area (Å²) in [5, 5.41) is 9.27. The van der Waals surface area contributed by atoms with Gasteiger partial charge in [-0.3, -0.25) is 9.48 Å². The van der Waals surface area contributed by atoms with Gasteiger partial charge < -0.3 is 10.6 Å². The highest BCUT2D eigenvalue weighted by atomic mass is 16.2. The number of rotatable bonds is 5. The smallest absolute Gasteiger partial charge is 0.222 e. The van der Waals surface area contributed by atoms with Gasteiger partial charge in [0.05, 0.1) is 30.3 Å². The summed E-state index contributed by atoms with van der Waals surface area (Å²) in [6, 6.07) is 10.1. The highest BCUT2D eigenvalue weighted by Crippen LogP contribution is 2.34. The van der Waals surface area contributed by atoms with Crippen LogP contribution in [0.3, 0.4) is 0 Å². The minimum Gasteiger partial charge on any atom is -0.399 e. The zero-order valence-electron chi connectivity index (χ0n) is 18.5. The van der Waals surface area contributed by atoms with Gasteiger partial charge in [0.2, 0.25) is 5.91 Å². The van der Waals surface area contributed by atoms with E-state index < -0.39 is 0 Å². The number of likely N-dealkylation sites (tertiary alicyclic amines) is 1. The van der Waals surface area contributed by atoms with Crippen LogP contribution < -0.4 is 5.73 Å². The Morgan fingerprint density at radius 3 is 2.58 bits per heavy atom. The van der Waals surface area contributed by atoms with Crippen molar-refractivity contribution in [1.29, 1.82) is 0 Å². The van der Waals surface area contributed by atoms with E-state index in [1.165, 1.54) is 12.8 Å². The molecule has 3 aromatic heterocycles. The van der Waals surface area contributed by atoms with Crippen LogP contribution in [-0.4, -0.2) is 48.3 Å². The van der Waals surface area contributed by atoms with Gasteiger partial charge in [-0.25, -0.2) is 9.50 Å². The summed E-state index contributed by atoms with van der Waals surface area (Å²) < 4.78 is 3.88.